The molecule has 6 nitrogen and oxygen atoms in total. The Morgan fingerprint density at radius 3 is 2.61 bits per heavy atom. The zero-order chi connectivity index (χ0) is 20.4. The normalized spacial score (nSPS) is 12.0. The third-order valence-electron chi connectivity index (χ3n) is 4.66. The molecule has 2 amide bonds. The van der Waals surface area contributed by atoms with E-state index < -0.39 is 11.9 Å². The topological polar surface area (TPSA) is 94.2 Å². The van der Waals surface area contributed by atoms with Crippen molar-refractivity contribution in [3.05, 3.63) is 76.0 Å². The molecular formula is C21H20FN3O3. The molecule has 3 aromatic rings. The van der Waals surface area contributed by atoms with Crippen molar-refractivity contribution in [2.24, 2.45) is 5.73 Å². The molecule has 1 heterocycles. The van der Waals surface area contributed by atoms with Crippen LogP contribution >= 0.6 is 0 Å². The Morgan fingerprint density at radius 1 is 1.18 bits per heavy atom. The molecule has 0 radical (unpaired) electrons. The first-order chi connectivity index (χ1) is 13.3. The highest BCUT2D eigenvalue weighted by molar-refractivity contribution is 6.02. The predicted molar refractivity (Wildman–Crippen MR) is 106 cm³/mol. The minimum Gasteiger partial charge on any atom is -0.368 e. The van der Waals surface area contributed by atoms with Crippen molar-refractivity contribution in [1.82, 2.24) is 4.57 Å². The van der Waals surface area contributed by atoms with E-state index in [0.29, 0.717) is 27.6 Å². The van der Waals surface area contributed by atoms with E-state index >= 15 is 0 Å². The van der Waals surface area contributed by atoms with Gasteiger partial charge in [-0.2, -0.15) is 0 Å². The van der Waals surface area contributed by atoms with Gasteiger partial charge in [-0.15, -0.1) is 0 Å². The maximum atomic E-state index is 13.4. The maximum Gasteiger partial charge on any atom is 0.259 e. The lowest BCUT2D eigenvalue weighted by Gasteiger charge is -2.14. The fourth-order valence-corrected chi connectivity index (χ4v) is 3.04. The SMILES string of the molecule is Cc1cc(CC(=O)Nc2cccc3c(=O)n([C@@H](C)C(N)=O)ccc23)ccc1F. The lowest BCUT2D eigenvalue weighted by molar-refractivity contribution is -0.120. The van der Waals surface area contributed by atoms with Crippen LogP contribution in [-0.2, 0) is 16.0 Å². The summed E-state index contributed by atoms with van der Waals surface area (Å²) in [4.78, 5) is 36.5. The number of hydrogen-bond acceptors (Lipinski definition) is 3. The van der Waals surface area contributed by atoms with Gasteiger partial charge in [0.15, 0.2) is 0 Å². The zero-order valence-corrected chi connectivity index (χ0v) is 15.5. The molecule has 144 valence electrons. The van der Waals surface area contributed by atoms with Crippen molar-refractivity contribution in [3.63, 3.8) is 0 Å². The minimum absolute atomic E-state index is 0.0767. The summed E-state index contributed by atoms with van der Waals surface area (Å²) in [5.74, 6) is -1.21. The quantitative estimate of drug-likeness (QED) is 0.711. The highest BCUT2D eigenvalue weighted by atomic mass is 19.1. The van der Waals surface area contributed by atoms with E-state index in [2.05, 4.69) is 5.32 Å². The molecule has 0 unspecified atom stereocenters. The number of aromatic nitrogens is 1. The van der Waals surface area contributed by atoms with E-state index in [1.165, 1.54) is 16.8 Å². The molecule has 1 atom stereocenters. The molecule has 0 aliphatic rings. The fraction of sp³-hybridized carbons (Fsp3) is 0.190. The van der Waals surface area contributed by atoms with Gasteiger partial charge in [0.05, 0.1) is 6.42 Å². The molecule has 0 aliphatic carbocycles. The lowest BCUT2D eigenvalue weighted by Crippen LogP contribution is -2.31. The Bertz CT molecular complexity index is 1140. The number of carbonyl (C=O) groups is 2. The van der Waals surface area contributed by atoms with E-state index in [1.54, 1.807) is 50.2 Å². The van der Waals surface area contributed by atoms with E-state index in [1.807, 2.05) is 0 Å². The summed E-state index contributed by atoms with van der Waals surface area (Å²) in [6.07, 6.45) is 1.56. The second-order valence-corrected chi connectivity index (χ2v) is 6.68. The molecule has 0 bridgehead atoms. The molecular weight excluding hydrogens is 361 g/mol. The van der Waals surface area contributed by atoms with Gasteiger partial charge in [-0.05, 0) is 49.2 Å². The number of anilines is 1. The third-order valence-corrected chi connectivity index (χ3v) is 4.66. The third kappa shape index (κ3) is 3.78. The van der Waals surface area contributed by atoms with Gasteiger partial charge in [0, 0.05) is 22.7 Å². The molecule has 3 N–H and O–H groups in total. The Labute approximate surface area is 160 Å². The van der Waals surface area contributed by atoms with Crippen LogP contribution in [0.4, 0.5) is 10.1 Å². The van der Waals surface area contributed by atoms with Gasteiger partial charge in [-0.3, -0.25) is 14.4 Å². The minimum atomic E-state index is -0.781. The lowest BCUT2D eigenvalue weighted by atomic mass is 10.1. The van der Waals surface area contributed by atoms with Crippen LogP contribution in [0, 0.1) is 12.7 Å². The fourth-order valence-electron chi connectivity index (χ4n) is 3.04. The Hall–Kier alpha value is -3.48. The Morgan fingerprint density at radius 2 is 1.93 bits per heavy atom. The number of amides is 2. The number of nitrogens with two attached hydrogens (primary N) is 1. The van der Waals surface area contributed by atoms with Crippen molar-refractivity contribution in [1.29, 1.82) is 0 Å². The first kappa shape index (κ1) is 19.3. The number of benzene rings is 2. The van der Waals surface area contributed by atoms with Crippen LogP contribution in [0.3, 0.4) is 0 Å². The van der Waals surface area contributed by atoms with E-state index in [0.717, 1.165) is 0 Å². The summed E-state index contributed by atoms with van der Waals surface area (Å²) < 4.78 is 14.6. The average Bonchev–Trinajstić information content (AvgIpc) is 2.65. The summed E-state index contributed by atoms with van der Waals surface area (Å²) in [5.41, 5.74) is 6.57. The van der Waals surface area contributed by atoms with Gasteiger partial charge >= 0.3 is 0 Å². The molecule has 1 aromatic heterocycles. The zero-order valence-electron chi connectivity index (χ0n) is 15.5. The molecule has 0 aliphatic heterocycles. The molecule has 28 heavy (non-hydrogen) atoms. The van der Waals surface area contributed by atoms with E-state index in [9.17, 15) is 18.8 Å². The number of fused-ring (bicyclic) bond motifs is 1. The number of pyridine rings is 1. The average molecular weight is 381 g/mol. The van der Waals surface area contributed by atoms with Gasteiger partial charge in [-0.25, -0.2) is 4.39 Å². The van der Waals surface area contributed by atoms with Crippen molar-refractivity contribution < 1.29 is 14.0 Å². The van der Waals surface area contributed by atoms with Crippen LogP contribution in [0.5, 0.6) is 0 Å². The van der Waals surface area contributed by atoms with Gasteiger partial charge in [-0.1, -0.05) is 18.2 Å². The van der Waals surface area contributed by atoms with Crippen molar-refractivity contribution in [2.75, 3.05) is 5.32 Å². The van der Waals surface area contributed by atoms with Crippen LogP contribution < -0.4 is 16.6 Å². The smallest absolute Gasteiger partial charge is 0.259 e. The number of aryl methyl sites for hydroxylation is 1. The second-order valence-electron chi connectivity index (χ2n) is 6.68. The van der Waals surface area contributed by atoms with Crippen LogP contribution in [-0.4, -0.2) is 16.4 Å². The molecule has 2 aromatic carbocycles. The number of carbonyl (C=O) groups excluding carboxylic acids is 2. The monoisotopic (exact) mass is 381 g/mol. The Balaban J connectivity index is 1.90. The van der Waals surface area contributed by atoms with E-state index in [-0.39, 0.29) is 23.7 Å². The maximum absolute atomic E-state index is 13.4. The van der Waals surface area contributed by atoms with Gasteiger partial charge in [0.1, 0.15) is 11.9 Å². The van der Waals surface area contributed by atoms with Crippen LogP contribution in [0.25, 0.3) is 10.8 Å². The van der Waals surface area contributed by atoms with E-state index in [4.69, 9.17) is 5.73 Å². The molecule has 3 rings (SSSR count). The summed E-state index contributed by atoms with van der Waals surface area (Å²) in [5, 5.41) is 3.72. The van der Waals surface area contributed by atoms with Crippen molar-refractivity contribution in [2.45, 2.75) is 26.3 Å². The molecule has 7 heteroatoms. The molecule has 0 fully saturated rings. The number of rotatable bonds is 5. The number of hydrogen-bond donors (Lipinski definition) is 2. The second kappa shape index (κ2) is 7.64. The largest absolute Gasteiger partial charge is 0.368 e. The number of halogens is 1. The number of primary amides is 1. The van der Waals surface area contributed by atoms with Crippen molar-refractivity contribution >= 4 is 28.3 Å². The number of nitrogens with zero attached hydrogens (tertiary/aromatic N) is 1. The van der Waals surface area contributed by atoms with Gasteiger partial charge in [0.2, 0.25) is 11.8 Å². The molecule has 0 spiro atoms. The summed E-state index contributed by atoms with van der Waals surface area (Å²) in [6.45, 7) is 3.19. The van der Waals surface area contributed by atoms with Gasteiger partial charge < -0.3 is 15.6 Å². The highest BCUT2D eigenvalue weighted by Crippen LogP contribution is 2.22. The highest BCUT2D eigenvalue weighted by Gasteiger charge is 2.15. The van der Waals surface area contributed by atoms with Crippen LogP contribution in [0.2, 0.25) is 0 Å². The predicted octanol–water partition coefficient (Wildman–Crippen LogP) is 2.68. The van der Waals surface area contributed by atoms with Crippen LogP contribution in [0.1, 0.15) is 24.1 Å². The number of nitrogens with one attached hydrogen (secondary N) is 1. The Kier molecular flexibility index (Phi) is 5.26. The van der Waals surface area contributed by atoms with Crippen molar-refractivity contribution in [3.8, 4) is 0 Å². The summed E-state index contributed by atoms with van der Waals surface area (Å²) >= 11 is 0. The summed E-state index contributed by atoms with van der Waals surface area (Å²) in [6, 6.07) is 10.4. The first-order valence-corrected chi connectivity index (χ1v) is 8.76. The standard InChI is InChI=1S/C21H20FN3O3/c1-12-10-14(6-7-17(12)22)11-19(26)24-18-5-3-4-16-15(18)8-9-25(21(16)28)13(2)20(23)27/h3-10,13H,11H2,1-2H3,(H2,23,27)(H,24,26)/t13-/m0/s1. The molecule has 0 saturated carbocycles. The first-order valence-electron chi connectivity index (χ1n) is 8.76. The summed E-state index contributed by atoms with van der Waals surface area (Å²) in [7, 11) is 0. The van der Waals surface area contributed by atoms with Crippen LogP contribution in [0.15, 0.2) is 53.5 Å². The molecule has 0 saturated heterocycles. The van der Waals surface area contributed by atoms with Gasteiger partial charge in [0.25, 0.3) is 5.56 Å².